The Morgan fingerprint density at radius 2 is 1.84 bits per heavy atom. The average Bonchev–Trinajstić information content (AvgIpc) is 3.23. The lowest BCUT2D eigenvalue weighted by molar-refractivity contribution is 0.367. The van der Waals surface area contributed by atoms with Gasteiger partial charge in [-0.15, -0.1) is 0 Å². The highest BCUT2D eigenvalue weighted by atomic mass is 32.2. The molecule has 6 nitrogen and oxygen atoms in total. The highest BCUT2D eigenvalue weighted by Gasteiger charge is 2.34. The van der Waals surface area contributed by atoms with E-state index in [0.29, 0.717) is 19.6 Å². The molecule has 1 aromatic heterocycles. The summed E-state index contributed by atoms with van der Waals surface area (Å²) in [5, 5.41) is -0.450. The molecule has 1 atom stereocenters. The van der Waals surface area contributed by atoms with Crippen molar-refractivity contribution in [1.82, 2.24) is 14.3 Å². The van der Waals surface area contributed by atoms with Gasteiger partial charge in [0, 0.05) is 31.0 Å². The third kappa shape index (κ3) is 4.83. The number of H-pyrrole nitrogens is 1. The first-order valence-electron chi connectivity index (χ1n) is 10.8. The molecular weight excluding hydrogens is 408 g/mol. The Balaban J connectivity index is 1.72. The number of nitrogens with one attached hydrogen (secondary N) is 1. The van der Waals surface area contributed by atoms with Crippen LogP contribution < -0.4 is 4.90 Å². The number of nitrogens with zero attached hydrogens (tertiary/aromatic N) is 3. The van der Waals surface area contributed by atoms with E-state index in [1.54, 1.807) is 24.5 Å². The third-order valence-corrected chi connectivity index (χ3v) is 8.15. The number of rotatable bonds is 7. The zero-order valence-electron chi connectivity index (χ0n) is 18.1. The topological polar surface area (TPSA) is 69.3 Å². The van der Waals surface area contributed by atoms with Crippen molar-refractivity contribution < 1.29 is 8.42 Å². The molecule has 0 unspecified atom stereocenters. The zero-order chi connectivity index (χ0) is 21.8. The molecule has 7 heteroatoms. The van der Waals surface area contributed by atoms with E-state index in [1.165, 1.54) is 5.56 Å². The lowest BCUT2D eigenvalue weighted by Crippen LogP contribution is -2.45. The molecule has 3 aromatic rings. The van der Waals surface area contributed by atoms with E-state index >= 15 is 0 Å². The van der Waals surface area contributed by atoms with E-state index in [4.69, 9.17) is 0 Å². The molecule has 0 amide bonds. The normalized spacial score (nSPS) is 17.5. The Kier molecular flexibility index (Phi) is 6.43. The van der Waals surface area contributed by atoms with Gasteiger partial charge in [-0.25, -0.2) is 13.4 Å². The molecule has 0 aliphatic carbocycles. The third-order valence-electron chi connectivity index (χ3n) is 5.96. The minimum Gasteiger partial charge on any atom is -0.361 e. The lowest BCUT2D eigenvalue weighted by atomic mass is 10.0. The van der Waals surface area contributed by atoms with Gasteiger partial charge in [0.1, 0.15) is 0 Å². The lowest BCUT2D eigenvalue weighted by Gasteiger charge is -2.34. The van der Waals surface area contributed by atoms with E-state index in [0.717, 1.165) is 29.8 Å². The van der Waals surface area contributed by atoms with Gasteiger partial charge in [-0.1, -0.05) is 48.5 Å². The van der Waals surface area contributed by atoms with Gasteiger partial charge in [-0.3, -0.25) is 0 Å². The molecule has 1 aliphatic rings. The van der Waals surface area contributed by atoms with Gasteiger partial charge in [-0.2, -0.15) is 4.31 Å². The van der Waals surface area contributed by atoms with Gasteiger partial charge in [0.25, 0.3) is 0 Å². The molecule has 1 aliphatic heterocycles. The summed E-state index contributed by atoms with van der Waals surface area (Å²) in [6.45, 7) is 5.04. The van der Waals surface area contributed by atoms with Gasteiger partial charge in [0.2, 0.25) is 10.0 Å². The van der Waals surface area contributed by atoms with E-state index in [-0.39, 0.29) is 6.04 Å². The second-order valence-electron chi connectivity index (χ2n) is 8.40. The summed E-state index contributed by atoms with van der Waals surface area (Å²) in [6, 6.07) is 18.6. The molecule has 2 aromatic carbocycles. The maximum atomic E-state index is 13.2. The Morgan fingerprint density at radius 3 is 2.55 bits per heavy atom. The van der Waals surface area contributed by atoms with Crippen LogP contribution in [0.4, 0.5) is 5.69 Å². The van der Waals surface area contributed by atoms with Crippen LogP contribution in [0.15, 0.2) is 67.1 Å². The van der Waals surface area contributed by atoms with E-state index in [1.807, 2.05) is 30.5 Å². The summed E-state index contributed by atoms with van der Waals surface area (Å²) in [7, 11) is -3.38. The summed E-state index contributed by atoms with van der Waals surface area (Å²) >= 11 is 0. The molecule has 1 N–H and O–H groups in total. The first kappa shape index (κ1) is 21.6. The van der Waals surface area contributed by atoms with Crippen LogP contribution in [0.1, 0.15) is 37.1 Å². The van der Waals surface area contributed by atoms with Crippen LogP contribution in [0.3, 0.4) is 0 Å². The number of aryl methyl sites for hydroxylation is 1. The number of hydrogen-bond acceptors (Lipinski definition) is 4. The zero-order valence-corrected chi connectivity index (χ0v) is 18.9. The average molecular weight is 439 g/mol. The van der Waals surface area contributed by atoms with E-state index in [2.05, 4.69) is 45.2 Å². The summed E-state index contributed by atoms with van der Waals surface area (Å²) in [4.78, 5) is 9.73. The number of hydrogen-bond donors (Lipinski definition) is 1. The van der Waals surface area contributed by atoms with Crippen molar-refractivity contribution in [2.75, 3.05) is 11.4 Å². The van der Waals surface area contributed by atoms with Crippen LogP contribution in [-0.4, -0.2) is 40.5 Å². The fraction of sp³-hybridized carbons (Fsp3) is 0.375. The molecule has 0 fully saturated rings. The second-order valence-corrected chi connectivity index (χ2v) is 10.9. The fourth-order valence-corrected chi connectivity index (χ4v) is 5.49. The van der Waals surface area contributed by atoms with Crippen LogP contribution in [0.25, 0.3) is 0 Å². The van der Waals surface area contributed by atoms with Crippen molar-refractivity contribution >= 4 is 15.7 Å². The summed E-state index contributed by atoms with van der Waals surface area (Å²) in [5.41, 5.74) is 4.41. The van der Waals surface area contributed by atoms with Crippen molar-refractivity contribution in [2.24, 2.45) is 0 Å². The van der Waals surface area contributed by atoms with Gasteiger partial charge in [0.05, 0.1) is 23.8 Å². The fourth-order valence-electron chi connectivity index (χ4n) is 4.20. The van der Waals surface area contributed by atoms with Crippen LogP contribution in [0, 0.1) is 0 Å². The molecule has 31 heavy (non-hydrogen) atoms. The van der Waals surface area contributed by atoms with Crippen molar-refractivity contribution in [1.29, 1.82) is 0 Å². The van der Waals surface area contributed by atoms with Crippen molar-refractivity contribution in [2.45, 2.75) is 51.1 Å². The van der Waals surface area contributed by atoms with Crippen LogP contribution in [0.5, 0.6) is 0 Å². The summed E-state index contributed by atoms with van der Waals surface area (Å²) < 4.78 is 28.0. The predicted molar refractivity (Wildman–Crippen MR) is 124 cm³/mol. The number of imidazole rings is 1. The molecule has 164 valence electrons. The Labute approximate surface area is 185 Å². The van der Waals surface area contributed by atoms with Crippen LogP contribution in [0.2, 0.25) is 0 Å². The highest BCUT2D eigenvalue weighted by Crippen LogP contribution is 2.32. The maximum Gasteiger partial charge on any atom is 0.216 e. The minimum absolute atomic E-state index is 0.0423. The molecular formula is C24H30N4O2S. The molecule has 0 saturated heterocycles. The monoisotopic (exact) mass is 438 g/mol. The number of anilines is 1. The largest absolute Gasteiger partial charge is 0.361 e. The van der Waals surface area contributed by atoms with Gasteiger partial charge < -0.3 is 9.88 Å². The molecule has 0 bridgehead atoms. The quantitative estimate of drug-likeness (QED) is 0.606. The number of sulfonamides is 1. The van der Waals surface area contributed by atoms with Crippen LogP contribution in [-0.2, 0) is 29.5 Å². The molecule has 0 radical (unpaired) electrons. The van der Waals surface area contributed by atoms with E-state index < -0.39 is 15.3 Å². The number of benzene rings is 2. The number of aromatic nitrogens is 2. The number of aromatic amines is 1. The Hall–Kier alpha value is -2.64. The Morgan fingerprint density at radius 1 is 1.10 bits per heavy atom. The standard InChI is InChI=1S/C24H30N4O2S/c1-19(2)31(29,30)27-15-21-10-6-7-11-24(21)28(16-22-14-25-18-26-22)23(17-27)13-12-20-8-4-3-5-9-20/h3-11,14,18-19,23H,12-13,15-17H2,1-2H3,(H,25,26)/t23-/m1/s1. The van der Waals surface area contributed by atoms with Gasteiger partial charge >= 0.3 is 0 Å². The van der Waals surface area contributed by atoms with Crippen molar-refractivity contribution in [3.8, 4) is 0 Å². The first-order chi connectivity index (χ1) is 14.9. The summed E-state index contributed by atoms with van der Waals surface area (Å²) in [5.74, 6) is 0. The maximum absolute atomic E-state index is 13.2. The molecule has 0 saturated carbocycles. The van der Waals surface area contributed by atoms with Crippen LogP contribution >= 0.6 is 0 Å². The molecule has 2 heterocycles. The second kappa shape index (κ2) is 9.24. The highest BCUT2D eigenvalue weighted by molar-refractivity contribution is 7.89. The smallest absolute Gasteiger partial charge is 0.216 e. The number of fused-ring (bicyclic) bond motifs is 1. The van der Waals surface area contributed by atoms with Crippen molar-refractivity contribution in [3.05, 3.63) is 83.9 Å². The predicted octanol–water partition coefficient (Wildman–Crippen LogP) is 3.97. The van der Waals surface area contributed by atoms with Gasteiger partial charge in [-0.05, 0) is 43.9 Å². The Bertz CT molecular complexity index is 1080. The molecule has 0 spiro atoms. The van der Waals surface area contributed by atoms with Crippen molar-refractivity contribution in [3.63, 3.8) is 0 Å². The van der Waals surface area contributed by atoms with E-state index in [9.17, 15) is 8.42 Å². The number of para-hydroxylation sites is 1. The van der Waals surface area contributed by atoms with Gasteiger partial charge in [0.15, 0.2) is 0 Å². The SMILES string of the molecule is CC(C)S(=O)(=O)N1Cc2ccccc2N(Cc2cnc[nH]2)[C@H](CCc2ccccc2)C1. The minimum atomic E-state index is -3.38. The first-order valence-corrected chi connectivity index (χ1v) is 12.3. The molecule has 4 rings (SSSR count). The summed E-state index contributed by atoms with van der Waals surface area (Å²) in [6.07, 6.45) is 5.28.